The summed E-state index contributed by atoms with van der Waals surface area (Å²) in [6.45, 7) is 4.53. The highest BCUT2D eigenvalue weighted by Gasteiger charge is 2.36. The number of furan rings is 1. The summed E-state index contributed by atoms with van der Waals surface area (Å²) in [7, 11) is -3.92. The van der Waals surface area contributed by atoms with Gasteiger partial charge in [-0.1, -0.05) is 11.6 Å². The van der Waals surface area contributed by atoms with Gasteiger partial charge in [0.05, 0.1) is 27.8 Å². The predicted octanol–water partition coefficient (Wildman–Crippen LogP) is 4.41. The molecule has 1 atom stereocenters. The number of phenols is 1. The summed E-state index contributed by atoms with van der Waals surface area (Å²) in [5.41, 5.74) is 1.02. The van der Waals surface area contributed by atoms with E-state index in [1.165, 1.54) is 32.9 Å². The summed E-state index contributed by atoms with van der Waals surface area (Å²) in [6.07, 6.45) is 4.14. The number of fused-ring (bicyclic) bond motifs is 1. The van der Waals surface area contributed by atoms with Crippen LogP contribution in [0.15, 0.2) is 33.8 Å². The van der Waals surface area contributed by atoms with Crippen molar-refractivity contribution >= 4 is 33.2 Å². The second-order valence-electron chi connectivity index (χ2n) is 7.74. The monoisotopic (exact) mass is 426 g/mol. The fourth-order valence-corrected chi connectivity index (χ4v) is 4.91. The zero-order valence-corrected chi connectivity index (χ0v) is 17.4. The second kappa shape index (κ2) is 7.33. The number of aryl methyl sites for hydroxylation is 1. The van der Waals surface area contributed by atoms with Crippen molar-refractivity contribution in [2.75, 3.05) is 5.32 Å². The quantitative estimate of drug-likeness (QED) is 0.630. The number of urea groups is 1. The number of nitrogens with one attached hydrogen (secondary N) is 2. The lowest BCUT2D eigenvalue weighted by molar-refractivity contribution is 0.244. The first-order valence-corrected chi connectivity index (χ1v) is 10.8. The standard InChI is InChI=1S/C19H23ClN2O5S/c1-19(2,3)28(25,26)17-12(20)7-8-13(15(17)23)21-18(24)22-14-6-4-5-11-9-10-27-16(11)14/h7-10,14,23H,4-6H2,1-3H3,(H2,21,22,24). The molecule has 1 aromatic heterocycles. The maximum Gasteiger partial charge on any atom is 0.319 e. The zero-order valence-electron chi connectivity index (χ0n) is 15.9. The summed E-state index contributed by atoms with van der Waals surface area (Å²) in [5, 5.41) is 15.7. The molecule has 0 fully saturated rings. The number of carbonyl (C=O) groups is 1. The van der Waals surface area contributed by atoms with Gasteiger partial charge >= 0.3 is 6.03 Å². The number of hydrogen-bond donors (Lipinski definition) is 3. The average molecular weight is 427 g/mol. The molecule has 0 saturated carbocycles. The Morgan fingerprint density at radius 3 is 2.68 bits per heavy atom. The Bertz CT molecular complexity index is 1010. The van der Waals surface area contributed by atoms with E-state index in [9.17, 15) is 18.3 Å². The summed E-state index contributed by atoms with van der Waals surface area (Å²) < 4.78 is 29.8. The van der Waals surface area contributed by atoms with E-state index in [2.05, 4.69) is 10.6 Å². The van der Waals surface area contributed by atoms with Gasteiger partial charge in [-0.05, 0) is 63.8 Å². The van der Waals surface area contributed by atoms with Crippen LogP contribution in [0.5, 0.6) is 5.75 Å². The fraction of sp³-hybridized carbons (Fsp3) is 0.421. The van der Waals surface area contributed by atoms with E-state index in [0.717, 1.165) is 30.6 Å². The minimum absolute atomic E-state index is 0.0415. The van der Waals surface area contributed by atoms with Gasteiger partial charge in [0.2, 0.25) is 0 Å². The first kappa shape index (κ1) is 20.5. The summed E-state index contributed by atoms with van der Waals surface area (Å²) >= 11 is 6.05. The molecule has 0 saturated heterocycles. The molecule has 7 nitrogen and oxygen atoms in total. The van der Waals surface area contributed by atoms with Crippen LogP contribution >= 0.6 is 11.6 Å². The van der Waals surface area contributed by atoms with Crippen molar-refractivity contribution in [3.8, 4) is 5.75 Å². The van der Waals surface area contributed by atoms with Crippen molar-refractivity contribution in [3.63, 3.8) is 0 Å². The highest BCUT2D eigenvalue weighted by molar-refractivity contribution is 7.93. The third-order valence-electron chi connectivity index (χ3n) is 4.75. The van der Waals surface area contributed by atoms with Crippen molar-refractivity contribution in [1.82, 2.24) is 5.32 Å². The molecule has 152 valence electrons. The SMILES string of the molecule is CC(C)(C)S(=O)(=O)c1c(Cl)ccc(NC(=O)NC2CCCc3ccoc32)c1O. The molecule has 0 spiro atoms. The molecule has 9 heteroatoms. The Labute approximate surface area is 169 Å². The van der Waals surface area contributed by atoms with E-state index in [1.54, 1.807) is 6.26 Å². The molecule has 0 bridgehead atoms. The number of amides is 2. The van der Waals surface area contributed by atoms with Gasteiger partial charge in [-0.15, -0.1) is 0 Å². The maximum absolute atomic E-state index is 12.8. The largest absolute Gasteiger partial charge is 0.504 e. The summed E-state index contributed by atoms with van der Waals surface area (Å²) in [4.78, 5) is 12.1. The molecule has 1 aliphatic rings. The van der Waals surface area contributed by atoms with Crippen LogP contribution < -0.4 is 10.6 Å². The number of hydrogen-bond acceptors (Lipinski definition) is 5. The van der Waals surface area contributed by atoms with E-state index in [1.807, 2.05) is 6.07 Å². The minimum Gasteiger partial charge on any atom is -0.504 e. The lowest BCUT2D eigenvalue weighted by Crippen LogP contribution is -2.34. The van der Waals surface area contributed by atoms with Crippen molar-refractivity contribution in [2.45, 2.75) is 55.7 Å². The van der Waals surface area contributed by atoms with Crippen LogP contribution in [0, 0.1) is 0 Å². The van der Waals surface area contributed by atoms with Crippen LogP contribution in [0.1, 0.15) is 51.0 Å². The third kappa shape index (κ3) is 3.71. The number of halogens is 1. The van der Waals surface area contributed by atoms with Gasteiger partial charge in [0.1, 0.15) is 10.7 Å². The number of benzene rings is 1. The topological polar surface area (TPSA) is 109 Å². The van der Waals surface area contributed by atoms with Gasteiger partial charge in [0, 0.05) is 0 Å². The second-order valence-corrected chi connectivity index (χ2v) is 10.8. The lowest BCUT2D eigenvalue weighted by Gasteiger charge is -2.23. The van der Waals surface area contributed by atoms with Crippen LogP contribution in [-0.2, 0) is 16.3 Å². The van der Waals surface area contributed by atoms with Gasteiger partial charge in [0.15, 0.2) is 15.6 Å². The molecule has 2 amide bonds. The Morgan fingerprint density at radius 1 is 1.29 bits per heavy atom. The van der Waals surface area contributed by atoms with E-state index in [-0.39, 0.29) is 16.8 Å². The Balaban J connectivity index is 1.84. The Hall–Kier alpha value is -2.19. The minimum atomic E-state index is -3.92. The molecule has 1 heterocycles. The molecule has 1 aromatic carbocycles. The van der Waals surface area contributed by atoms with Crippen LogP contribution in [0.2, 0.25) is 5.02 Å². The van der Waals surface area contributed by atoms with Crippen LogP contribution in [0.25, 0.3) is 0 Å². The van der Waals surface area contributed by atoms with Crippen LogP contribution in [0.4, 0.5) is 10.5 Å². The van der Waals surface area contributed by atoms with Gasteiger partial charge < -0.3 is 20.2 Å². The van der Waals surface area contributed by atoms with Crippen molar-refractivity contribution < 1.29 is 22.7 Å². The molecule has 2 aromatic rings. The normalized spacial score (nSPS) is 17.1. The number of carbonyl (C=O) groups excluding carboxylic acids is 1. The smallest absolute Gasteiger partial charge is 0.319 e. The molecule has 0 aliphatic heterocycles. The number of rotatable bonds is 3. The molecule has 1 aliphatic carbocycles. The van der Waals surface area contributed by atoms with E-state index in [4.69, 9.17) is 16.0 Å². The highest BCUT2D eigenvalue weighted by atomic mass is 35.5. The van der Waals surface area contributed by atoms with Crippen LogP contribution in [-0.4, -0.2) is 24.3 Å². The average Bonchev–Trinajstić information content (AvgIpc) is 3.06. The maximum atomic E-state index is 12.8. The van der Waals surface area contributed by atoms with Crippen molar-refractivity contribution in [3.05, 3.63) is 40.8 Å². The summed E-state index contributed by atoms with van der Waals surface area (Å²) in [6, 6.07) is 3.71. The third-order valence-corrected chi connectivity index (χ3v) is 7.74. The Kier molecular flexibility index (Phi) is 5.38. The van der Waals surface area contributed by atoms with Gasteiger partial charge in [0.25, 0.3) is 0 Å². The van der Waals surface area contributed by atoms with Crippen molar-refractivity contribution in [2.24, 2.45) is 0 Å². The first-order chi connectivity index (χ1) is 13.0. The van der Waals surface area contributed by atoms with E-state index >= 15 is 0 Å². The highest BCUT2D eigenvalue weighted by Crippen LogP contribution is 2.41. The number of sulfone groups is 1. The first-order valence-electron chi connectivity index (χ1n) is 8.92. The van der Waals surface area contributed by atoms with Gasteiger partial charge in [-0.25, -0.2) is 13.2 Å². The molecular formula is C19H23ClN2O5S. The molecule has 3 rings (SSSR count). The molecule has 3 N–H and O–H groups in total. The van der Waals surface area contributed by atoms with Gasteiger partial charge in [-0.2, -0.15) is 0 Å². The number of aromatic hydroxyl groups is 1. The van der Waals surface area contributed by atoms with Gasteiger partial charge in [-0.3, -0.25) is 0 Å². The lowest BCUT2D eigenvalue weighted by atomic mass is 9.94. The number of phenolic OH excluding ortho intramolecular Hbond substituents is 1. The summed E-state index contributed by atoms with van der Waals surface area (Å²) in [5.74, 6) is 0.137. The molecule has 0 radical (unpaired) electrons. The fourth-order valence-electron chi connectivity index (χ4n) is 3.15. The molecule has 28 heavy (non-hydrogen) atoms. The zero-order chi connectivity index (χ0) is 20.7. The predicted molar refractivity (Wildman–Crippen MR) is 107 cm³/mol. The molecule has 1 unspecified atom stereocenters. The van der Waals surface area contributed by atoms with E-state index < -0.39 is 31.3 Å². The Morgan fingerprint density at radius 2 is 2.00 bits per heavy atom. The van der Waals surface area contributed by atoms with E-state index in [0.29, 0.717) is 0 Å². The molecular weight excluding hydrogens is 404 g/mol. The van der Waals surface area contributed by atoms with Crippen LogP contribution in [0.3, 0.4) is 0 Å². The van der Waals surface area contributed by atoms with Crippen molar-refractivity contribution in [1.29, 1.82) is 0 Å². The number of anilines is 1.